The van der Waals surface area contributed by atoms with Crippen LogP contribution in [0.15, 0.2) is 59.7 Å². The van der Waals surface area contributed by atoms with E-state index in [4.69, 9.17) is 5.73 Å². The molecule has 7 nitrogen and oxygen atoms in total. The van der Waals surface area contributed by atoms with Crippen LogP contribution in [0.1, 0.15) is 27.5 Å². The Bertz CT molecular complexity index is 1010. The lowest BCUT2D eigenvalue weighted by Gasteiger charge is -2.15. The van der Waals surface area contributed by atoms with E-state index in [1.165, 1.54) is 10.6 Å². The fourth-order valence-corrected chi connectivity index (χ4v) is 2.51. The number of benzene rings is 1. The zero-order valence-corrected chi connectivity index (χ0v) is 13.5. The summed E-state index contributed by atoms with van der Waals surface area (Å²) in [6.07, 6.45) is 2.80. The summed E-state index contributed by atoms with van der Waals surface area (Å²) in [5, 5.41) is 2.50. The molecule has 0 spiro atoms. The lowest BCUT2D eigenvalue weighted by Crippen LogP contribution is -2.40. The lowest BCUT2D eigenvalue weighted by molar-refractivity contribution is -0.120. The topological polar surface area (TPSA) is 107 Å². The van der Waals surface area contributed by atoms with E-state index < -0.39 is 23.4 Å². The largest absolute Gasteiger partial charge is 0.368 e. The molecular formula is C18H16N4O3. The number of nitrogens with two attached hydrogens (primary N) is 1. The van der Waals surface area contributed by atoms with Crippen molar-refractivity contribution in [2.75, 3.05) is 0 Å². The van der Waals surface area contributed by atoms with Crippen LogP contribution < -0.4 is 16.6 Å². The second kappa shape index (κ2) is 6.56. The molecule has 0 unspecified atom stereocenters. The molecule has 0 aliphatic carbocycles. The summed E-state index contributed by atoms with van der Waals surface area (Å²) < 4.78 is 1.30. The van der Waals surface area contributed by atoms with Gasteiger partial charge in [0.05, 0.1) is 0 Å². The number of rotatable bonds is 4. The van der Waals surface area contributed by atoms with E-state index in [0.29, 0.717) is 11.2 Å². The molecule has 2 aromatic heterocycles. The van der Waals surface area contributed by atoms with Crippen LogP contribution >= 0.6 is 0 Å². The van der Waals surface area contributed by atoms with Gasteiger partial charge >= 0.3 is 0 Å². The first kappa shape index (κ1) is 16.4. The molecule has 1 aromatic carbocycles. The summed E-state index contributed by atoms with van der Waals surface area (Å²) in [5.41, 5.74) is 6.54. The zero-order valence-electron chi connectivity index (χ0n) is 13.5. The molecule has 1 atom stereocenters. The number of aromatic nitrogens is 2. The molecular weight excluding hydrogens is 320 g/mol. The highest BCUT2D eigenvalue weighted by Crippen LogP contribution is 2.12. The highest BCUT2D eigenvalue weighted by atomic mass is 16.2. The Morgan fingerprint density at radius 1 is 1.16 bits per heavy atom. The van der Waals surface area contributed by atoms with Crippen molar-refractivity contribution in [3.63, 3.8) is 0 Å². The van der Waals surface area contributed by atoms with Crippen LogP contribution in [0.25, 0.3) is 5.65 Å². The van der Waals surface area contributed by atoms with E-state index in [1.807, 2.05) is 13.0 Å². The first-order valence-electron chi connectivity index (χ1n) is 7.60. The molecule has 0 bridgehead atoms. The summed E-state index contributed by atoms with van der Waals surface area (Å²) in [6.45, 7) is 1.83. The van der Waals surface area contributed by atoms with Crippen molar-refractivity contribution in [3.8, 4) is 0 Å². The first-order chi connectivity index (χ1) is 12.0. The summed E-state index contributed by atoms with van der Waals surface area (Å²) in [6, 6.07) is 11.1. The molecule has 0 aliphatic heterocycles. The molecule has 0 aliphatic rings. The molecule has 3 N–H and O–H groups in total. The Hall–Kier alpha value is -3.48. The predicted octanol–water partition coefficient (Wildman–Crippen LogP) is 0.959. The van der Waals surface area contributed by atoms with Gasteiger partial charge in [-0.3, -0.25) is 18.8 Å². The summed E-state index contributed by atoms with van der Waals surface area (Å²) in [4.78, 5) is 40.9. The molecule has 0 saturated heterocycles. The van der Waals surface area contributed by atoms with Crippen LogP contribution in [0.4, 0.5) is 0 Å². The van der Waals surface area contributed by atoms with Crippen LogP contribution in [0.3, 0.4) is 0 Å². The highest BCUT2D eigenvalue weighted by molar-refractivity contribution is 5.97. The Morgan fingerprint density at radius 3 is 2.56 bits per heavy atom. The van der Waals surface area contributed by atoms with Crippen molar-refractivity contribution < 1.29 is 9.59 Å². The van der Waals surface area contributed by atoms with Gasteiger partial charge in [-0.15, -0.1) is 0 Å². The van der Waals surface area contributed by atoms with Gasteiger partial charge in [-0.2, -0.15) is 0 Å². The minimum absolute atomic E-state index is 0.162. The van der Waals surface area contributed by atoms with Crippen molar-refractivity contribution in [2.24, 2.45) is 5.73 Å². The summed E-state index contributed by atoms with van der Waals surface area (Å²) >= 11 is 0. The molecule has 0 radical (unpaired) electrons. The van der Waals surface area contributed by atoms with Crippen LogP contribution in [0.2, 0.25) is 0 Å². The van der Waals surface area contributed by atoms with Gasteiger partial charge in [0, 0.05) is 12.4 Å². The number of fused-ring (bicyclic) bond motifs is 1. The maximum absolute atomic E-state index is 12.6. The number of pyridine rings is 1. The molecule has 7 heteroatoms. The van der Waals surface area contributed by atoms with Crippen LogP contribution in [-0.4, -0.2) is 21.2 Å². The number of aryl methyl sites for hydroxylation is 1. The average molecular weight is 336 g/mol. The Morgan fingerprint density at radius 2 is 1.88 bits per heavy atom. The number of carbonyl (C=O) groups is 2. The minimum Gasteiger partial charge on any atom is -0.368 e. The van der Waals surface area contributed by atoms with E-state index in [2.05, 4.69) is 10.3 Å². The van der Waals surface area contributed by atoms with Crippen molar-refractivity contribution in [3.05, 3.63) is 81.9 Å². The predicted molar refractivity (Wildman–Crippen MR) is 92.0 cm³/mol. The monoisotopic (exact) mass is 336 g/mol. The van der Waals surface area contributed by atoms with Crippen LogP contribution in [-0.2, 0) is 4.79 Å². The fraction of sp³-hybridized carbons (Fsp3) is 0.111. The number of nitrogens with one attached hydrogen (secondary N) is 1. The standard InChI is InChI=1S/C18H16N4O3/c1-11-7-8-14-20-9-13(18(25)22(14)10-11)17(24)21-15(16(19)23)12-5-3-2-4-6-12/h2-10,15H,1H3,(H2,19,23)(H,21,24)/t15-/m0/s1. The zero-order chi connectivity index (χ0) is 18.0. The second-order valence-corrected chi connectivity index (χ2v) is 5.63. The van der Waals surface area contributed by atoms with Crippen molar-refractivity contribution >= 4 is 17.5 Å². The number of amides is 2. The van der Waals surface area contributed by atoms with Crippen molar-refractivity contribution in [1.82, 2.24) is 14.7 Å². The number of hydrogen-bond acceptors (Lipinski definition) is 4. The summed E-state index contributed by atoms with van der Waals surface area (Å²) in [7, 11) is 0. The van der Waals surface area contributed by atoms with Crippen molar-refractivity contribution in [1.29, 1.82) is 0 Å². The SMILES string of the molecule is Cc1ccc2ncc(C(=O)N[C@H](C(N)=O)c3ccccc3)c(=O)n2c1. The molecule has 0 saturated carbocycles. The third-order valence-electron chi connectivity index (χ3n) is 3.79. The number of hydrogen-bond donors (Lipinski definition) is 2. The minimum atomic E-state index is -1.04. The van der Waals surface area contributed by atoms with Gasteiger partial charge in [-0.05, 0) is 24.1 Å². The quantitative estimate of drug-likeness (QED) is 0.740. The normalized spacial score (nSPS) is 11.9. The van der Waals surface area contributed by atoms with Gasteiger partial charge in [0.25, 0.3) is 11.5 Å². The van der Waals surface area contributed by atoms with Crippen LogP contribution in [0.5, 0.6) is 0 Å². The Labute approximate surface area is 143 Å². The van der Waals surface area contributed by atoms with Gasteiger partial charge in [-0.25, -0.2) is 4.98 Å². The van der Waals surface area contributed by atoms with Gasteiger partial charge in [-0.1, -0.05) is 36.4 Å². The number of nitrogens with zero attached hydrogens (tertiary/aromatic N) is 2. The Kier molecular flexibility index (Phi) is 4.30. The van der Waals surface area contributed by atoms with Gasteiger partial charge in [0.1, 0.15) is 17.3 Å². The molecule has 25 heavy (non-hydrogen) atoms. The third-order valence-corrected chi connectivity index (χ3v) is 3.79. The van der Waals surface area contributed by atoms with E-state index in [0.717, 1.165) is 5.56 Å². The smallest absolute Gasteiger partial charge is 0.270 e. The van der Waals surface area contributed by atoms with Crippen molar-refractivity contribution in [2.45, 2.75) is 13.0 Å². The first-order valence-corrected chi connectivity index (χ1v) is 7.60. The van der Waals surface area contributed by atoms with Gasteiger partial charge < -0.3 is 11.1 Å². The number of carbonyl (C=O) groups excluding carboxylic acids is 2. The molecule has 0 fully saturated rings. The maximum atomic E-state index is 12.6. The van der Waals surface area contributed by atoms with Gasteiger partial charge in [0.15, 0.2) is 0 Å². The third kappa shape index (κ3) is 3.25. The number of primary amides is 1. The van der Waals surface area contributed by atoms with E-state index in [-0.39, 0.29) is 5.56 Å². The molecule has 2 amide bonds. The summed E-state index contributed by atoms with van der Waals surface area (Å²) in [5.74, 6) is -1.43. The second-order valence-electron chi connectivity index (χ2n) is 5.63. The van der Waals surface area contributed by atoms with Crippen LogP contribution in [0, 0.1) is 6.92 Å². The van der Waals surface area contributed by atoms with E-state index in [1.54, 1.807) is 42.6 Å². The average Bonchev–Trinajstić information content (AvgIpc) is 2.60. The maximum Gasteiger partial charge on any atom is 0.270 e. The molecule has 3 aromatic rings. The van der Waals surface area contributed by atoms with E-state index in [9.17, 15) is 14.4 Å². The lowest BCUT2D eigenvalue weighted by atomic mass is 10.1. The Balaban J connectivity index is 1.98. The van der Waals surface area contributed by atoms with E-state index >= 15 is 0 Å². The molecule has 3 rings (SSSR count). The van der Waals surface area contributed by atoms with Gasteiger partial charge in [0.2, 0.25) is 5.91 Å². The molecule has 126 valence electrons. The molecule has 2 heterocycles. The fourth-order valence-electron chi connectivity index (χ4n) is 2.51. The highest BCUT2D eigenvalue weighted by Gasteiger charge is 2.22.